The number of nitrogens with one attached hydrogen (secondary N) is 2. The second-order valence-corrected chi connectivity index (χ2v) is 5.23. The zero-order valence-electron chi connectivity index (χ0n) is 12.4. The van der Waals surface area contributed by atoms with E-state index in [-0.39, 0.29) is 16.5 Å². The number of anilines is 2. The fourth-order valence-electron chi connectivity index (χ4n) is 1.94. The molecule has 9 heteroatoms. The number of hydrogen-bond acceptors (Lipinski definition) is 5. The first-order valence-electron chi connectivity index (χ1n) is 6.64. The number of hydrogen-bond donors (Lipinski definition) is 3. The van der Waals surface area contributed by atoms with Gasteiger partial charge in [-0.3, -0.25) is 19.7 Å². The van der Waals surface area contributed by atoms with Gasteiger partial charge >= 0.3 is 5.69 Å². The highest BCUT2D eigenvalue weighted by Gasteiger charge is 2.23. The first-order chi connectivity index (χ1) is 11.3. The summed E-state index contributed by atoms with van der Waals surface area (Å²) in [5.74, 6) is -1.76. The maximum Gasteiger partial charge on any atom is 0.313 e. The number of aromatic hydroxyl groups is 1. The zero-order valence-corrected chi connectivity index (χ0v) is 13.1. The third-order valence-corrected chi connectivity index (χ3v) is 3.18. The average Bonchev–Trinajstić information content (AvgIpc) is 2.50. The number of phenols is 1. The van der Waals surface area contributed by atoms with Gasteiger partial charge in [-0.15, -0.1) is 0 Å². The van der Waals surface area contributed by atoms with Gasteiger partial charge in [-0.25, -0.2) is 0 Å². The summed E-state index contributed by atoms with van der Waals surface area (Å²) < 4.78 is 0. The molecule has 3 N–H and O–H groups in total. The van der Waals surface area contributed by atoms with Crippen LogP contribution in [-0.2, 0) is 4.79 Å². The van der Waals surface area contributed by atoms with Crippen molar-refractivity contribution >= 4 is 40.5 Å². The number of carbonyl (C=O) groups excluding carboxylic acids is 2. The molecule has 0 fully saturated rings. The number of nitro benzene ring substituents is 1. The maximum atomic E-state index is 12.2. The van der Waals surface area contributed by atoms with Gasteiger partial charge in [0.2, 0.25) is 11.7 Å². The molecular formula is C15H12ClN3O5. The highest BCUT2D eigenvalue weighted by molar-refractivity contribution is 6.31. The number of rotatable bonds is 4. The minimum Gasteiger partial charge on any atom is -0.502 e. The third-order valence-electron chi connectivity index (χ3n) is 2.96. The maximum absolute atomic E-state index is 12.2. The Morgan fingerprint density at radius 1 is 1.12 bits per heavy atom. The van der Waals surface area contributed by atoms with E-state index in [0.717, 1.165) is 12.1 Å². The number of amides is 2. The van der Waals surface area contributed by atoms with Crippen molar-refractivity contribution in [1.29, 1.82) is 0 Å². The molecule has 2 aromatic carbocycles. The van der Waals surface area contributed by atoms with Crippen LogP contribution in [0.4, 0.5) is 17.1 Å². The van der Waals surface area contributed by atoms with Gasteiger partial charge in [0.05, 0.1) is 10.5 Å². The number of nitrogens with zero attached hydrogens (tertiary/aromatic N) is 1. The molecule has 0 spiro atoms. The van der Waals surface area contributed by atoms with Gasteiger partial charge < -0.3 is 15.7 Å². The van der Waals surface area contributed by atoms with Gasteiger partial charge in [0.15, 0.2) is 0 Å². The smallest absolute Gasteiger partial charge is 0.313 e. The Kier molecular flexibility index (Phi) is 5.00. The molecule has 0 aliphatic rings. The molecule has 0 aromatic heterocycles. The summed E-state index contributed by atoms with van der Waals surface area (Å²) in [4.78, 5) is 33.2. The Morgan fingerprint density at radius 2 is 1.67 bits per heavy atom. The highest BCUT2D eigenvalue weighted by atomic mass is 35.5. The lowest BCUT2D eigenvalue weighted by Gasteiger charge is -2.09. The van der Waals surface area contributed by atoms with Gasteiger partial charge in [-0.1, -0.05) is 11.6 Å². The predicted octanol–water partition coefficient (Wildman–Crippen LogP) is 3.16. The molecule has 24 heavy (non-hydrogen) atoms. The Bertz CT molecular complexity index is 821. The van der Waals surface area contributed by atoms with E-state index in [0.29, 0.717) is 11.4 Å². The van der Waals surface area contributed by atoms with Gasteiger partial charge in [-0.05, 0) is 30.3 Å². The topological polar surface area (TPSA) is 122 Å². The number of benzene rings is 2. The molecule has 0 heterocycles. The summed E-state index contributed by atoms with van der Waals surface area (Å²) >= 11 is 5.75. The molecule has 0 aliphatic carbocycles. The molecular weight excluding hydrogens is 338 g/mol. The normalized spacial score (nSPS) is 10.1. The summed E-state index contributed by atoms with van der Waals surface area (Å²) in [5, 5.41) is 25.7. The van der Waals surface area contributed by atoms with E-state index < -0.39 is 22.3 Å². The van der Waals surface area contributed by atoms with Gasteiger partial charge in [-0.2, -0.15) is 0 Å². The average molecular weight is 350 g/mol. The molecule has 0 saturated heterocycles. The zero-order chi connectivity index (χ0) is 17.9. The quantitative estimate of drug-likeness (QED) is 0.578. The predicted molar refractivity (Wildman–Crippen MR) is 88.5 cm³/mol. The summed E-state index contributed by atoms with van der Waals surface area (Å²) in [6, 6.07) is 8.27. The van der Waals surface area contributed by atoms with Crippen LogP contribution in [0.3, 0.4) is 0 Å². The van der Waals surface area contributed by atoms with Crippen molar-refractivity contribution in [3.63, 3.8) is 0 Å². The van der Waals surface area contributed by atoms with Crippen molar-refractivity contribution in [3.8, 4) is 5.75 Å². The molecule has 0 unspecified atom stereocenters. The standard InChI is InChI=1S/C15H12ClN3O5/c1-8(20)17-10-2-4-11(5-3-10)18-15(22)12-6-9(16)7-13(14(12)21)19(23)24/h2-7,21H,1H3,(H,17,20)(H,18,22). The Hall–Kier alpha value is -3.13. The van der Waals surface area contributed by atoms with Gasteiger partial charge in [0, 0.05) is 29.4 Å². The van der Waals surface area contributed by atoms with E-state index in [1.165, 1.54) is 19.1 Å². The van der Waals surface area contributed by atoms with E-state index in [4.69, 9.17) is 11.6 Å². The van der Waals surface area contributed by atoms with E-state index in [1.54, 1.807) is 12.1 Å². The Labute approximate surface area is 141 Å². The molecule has 2 rings (SSSR count). The molecule has 0 aliphatic heterocycles. The van der Waals surface area contributed by atoms with E-state index in [2.05, 4.69) is 10.6 Å². The van der Waals surface area contributed by atoms with Crippen molar-refractivity contribution < 1.29 is 19.6 Å². The van der Waals surface area contributed by atoms with Crippen molar-refractivity contribution in [3.05, 3.63) is 57.1 Å². The van der Waals surface area contributed by atoms with Crippen molar-refractivity contribution in [1.82, 2.24) is 0 Å². The minimum absolute atomic E-state index is 0.0503. The lowest BCUT2D eigenvalue weighted by Crippen LogP contribution is -2.13. The van der Waals surface area contributed by atoms with Crippen LogP contribution in [0.5, 0.6) is 5.75 Å². The van der Waals surface area contributed by atoms with Crippen LogP contribution in [0.25, 0.3) is 0 Å². The summed E-state index contributed by atoms with van der Waals surface area (Å²) in [7, 11) is 0. The number of carbonyl (C=O) groups is 2. The first kappa shape index (κ1) is 17.2. The molecule has 0 bridgehead atoms. The van der Waals surface area contributed by atoms with Crippen molar-refractivity contribution in [2.75, 3.05) is 10.6 Å². The SMILES string of the molecule is CC(=O)Nc1ccc(NC(=O)c2cc(Cl)cc([N+](=O)[O-])c2O)cc1. The molecule has 8 nitrogen and oxygen atoms in total. The molecule has 2 aromatic rings. The van der Waals surface area contributed by atoms with Crippen molar-refractivity contribution in [2.45, 2.75) is 6.92 Å². The monoisotopic (exact) mass is 349 g/mol. The largest absolute Gasteiger partial charge is 0.502 e. The van der Waals surface area contributed by atoms with Crippen LogP contribution in [0.1, 0.15) is 17.3 Å². The van der Waals surface area contributed by atoms with Crippen LogP contribution in [0.15, 0.2) is 36.4 Å². The minimum atomic E-state index is -0.833. The van der Waals surface area contributed by atoms with Crippen LogP contribution in [-0.4, -0.2) is 21.8 Å². The molecule has 0 saturated carbocycles. The van der Waals surface area contributed by atoms with Crippen molar-refractivity contribution in [2.24, 2.45) is 0 Å². The number of halogens is 1. The highest BCUT2D eigenvalue weighted by Crippen LogP contribution is 2.33. The molecule has 2 amide bonds. The summed E-state index contributed by atoms with van der Waals surface area (Å²) in [6.45, 7) is 1.37. The number of phenolic OH excluding ortho intramolecular Hbond substituents is 1. The van der Waals surface area contributed by atoms with Crippen LogP contribution < -0.4 is 10.6 Å². The van der Waals surface area contributed by atoms with E-state index in [9.17, 15) is 24.8 Å². The second kappa shape index (κ2) is 6.97. The van der Waals surface area contributed by atoms with Gasteiger partial charge in [0.25, 0.3) is 5.91 Å². The van der Waals surface area contributed by atoms with Crippen LogP contribution in [0.2, 0.25) is 5.02 Å². The number of nitro groups is 1. The third kappa shape index (κ3) is 3.99. The van der Waals surface area contributed by atoms with Crippen LogP contribution >= 0.6 is 11.6 Å². The first-order valence-corrected chi connectivity index (χ1v) is 7.01. The molecule has 0 atom stereocenters. The fourth-order valence-corrected chi connectivity index (χ4v) is 2.15. The Morgan fingerprint density at radius 3 is 2.17 bits per heavy atom. The Balaban J connectivity index is 2.24. The lowest BCUT2D eigenvalue weighted by atomic mass is 10.1. The molecule has 0 radical (unpaired) electrons. The molecule has 124 valence electrons. The fraction of sp³-hybridized carbons (Fsp3) is 0.0667. The second-order valence-electron chi connectivity index (χ2n) is 4.79. The van der Waals surface area contributed by atoms with Crippen LogP contribution in [0, 0.1) is 10.1 Å². The van der Waals surface area contributed by atoms with E-state index in [1.807, 2.05) is 0 Å². The summed E-state index contributed by atoms with van der Waals surface area (Å²) in [6.07, 6.45) is 0. The summed E-state index contributed by atoms with van der Waals surface area (Å²) in [5.41, 5.74) is -0.0633. The lowest BCUT2D eigenvalue weighted by molar-refractivity contribution is -0.385. The van der Waals surface area contributed by atoms with Gasteiger partial charge in [0.1, 0.15) is 0 Å². The van der Waals surface area contributed by atoms with E-state index >= 15 is 0 Å².